The summed E-state index contributed by atoms with van der Waals surface area (Å²) in [4.78, 5) is 20.6. The molecule has 1 amide bonds. The van der Waals surface area contributed by atoms with Crippen LogP contribution >= 0.6 is 0 Å². The molecule has 2 aromatic carbocycles. The van der Waals surface area contributed by atoms with E-state index in [1.165, 1.54) is 0 Å². The topological polar surface area (TPSA) is 114 Å². The molecule has 5 rings (SSSR count). The lowest BCUT2D eigenvalue weighted by atomic mass is 9.80. The van der Waals surface area contributed by atoms with E-state index in [1.807, 2.05) is 34.9 Å². The monoisotopic (exact) mass is 552 g/mol. The molecule has 1 saturated carbocycles. The number of carbonyl (C=O) groups is 1. The van der Waals surface area contributed by atoms with E-state index in [1.54, 1.807) is 48.7 Å². The molecule has 208 valence electrons. The number of hydrogen-bond acceptors (Lipinski definition) is 7. The van der Waals surface area contributed by atoms with Gasteiger partial charge in [0.1, 0.15) is 5.60 Å². The van der Waals surface area contributed by atoms with Gasteiger partial charge in [-0.25, -0.2) is 13.4 Å². The van der Waals surface area contributed by atoms with Crippen LogP contribution in [0.5, 0.6) is 0 Å². The largest absolute Gasteiger partial charge is 0.385 e. The summed E-state index contributed by atoms with van der Waals surface area (Å²) in [6.07, 6.45) is 4.82. The Morgan fingerprint density at radius 2 is 1.85 bits per heavy atom. The van der Waals surface area contributed by atoms with E-state index in [0.717, 1.165) is 24.8 Å². The molecule has 0 radical (unpaired) electrons. The number of nitrogens with zero attached hydrogens (tertiary/aromatic N) is 3. The minimum atomic E-state index is -3.61. The van der Waals surface area contributed by atoms with Crippen LogP contribution in [0.25, 0.3) is 11.3 Å². The summed E-state index contributed by atoms with van der Waals surface area (Å²) in [6.45, 7) is 1.48. The van der Waals surface area contributed by atoms with Crippen LogP contribution in [-0.2, 0) is 14.6 Å². The van der Waals surface area contributed by atoms with E-state index in [4.69, 9.17) is 4.74 Å². The van der Waals surface area contributed by atoms with E-state index in [-0.39, 0.29) is 34.9 Å². The Labute approximate surface area is 229 Å². The number of aliphatic hydroxyl groups is 1. The normalized spacial score (nSPS) is 24.0. The predicted octanol–water partition coefficient (Wildman–Crippen LogP) is 2.93. The second kappa shape index (κ2) is 11.6. The molecule has 1 aliphatic carbocycles. The second-order valence-electron chi connectivity index (χ2n) is 10.5. The third-order valence-corrected chi connectivity index (χ3v) is 9.67. The molecule has 3 atom stereocenters. The van der Waals surface area contributed by atoms with Crippen LogP contribution in [0.1, 0.15) is 42.2 Å². The first kappa shape index (κ1) is 27.5. The molecule has 2 heterocycles. The van der Waals surface area contributed by atoms with E-state index < -0.39 is 21.5 Å². The summed E-state index contributed by atoms with van der Waals surface area (Å²) in [7, 11) is -2.03. The first-order valence-electron chi connectivity index (χ1n) is 13.5. The van der Waals surface area contributed by atoms with Crippen molar-refractivity contribution in [2.75, 3.05) is 39.1 Å². The zero-order chi connectivity index (χ0) is 27.5. The number of benzene rings is 2. The summed E-state index contributed by atoms with van der Waals surface area (Å²) in [5, 5.41) is 14.8. The summed E-state index contributed by atoms with van der Waals surface area (Å²) in [5.41, 5.74) is 0.617. The number of imidazole rings is 1. The molecular weight excluding hydrogens is 516 g/mol. The van der Waals surface area contributed by atoms with E-state index in [9.17, 15) is 18.3 Å². The number of nitrogens with one attached hydrogen (secondary N) is 1. The van der Waals surface area contributed by atoms with Crippen molar-refractivity contribution >= 4 is 15.7 Å². The quantitative estimate of drug-likeness (QED) is 0.442. The van der Waals surface area contributed by atoms with E-state index in [2.05, 4.69) is 10.3 Å². The van der Waals surface area contributed by atoms with Gasteiger partial charge < -0.3 is 24.6 Å². The highest BCUT2D eigenvalue weighted by Crippen LogP contribution is 2.41. The van der Waals surface area contributed by atoms with Crippen LogP contribution in [0.3, 0.4) is 0 Å². The fraction of sp³-hybridized carbons (Fsp3) is 0.448. The van der Waals surface area contributed by atoms with E-state index >= 15 is 0 Å². The Balaban J connectivity index is 1.52. The van der Waals surface area contributed by atoms with Crippen molar-refractivity contribution in [3.05, 3.63) is 72.7 Å². The van der Waals surface area contributed by atoms with Crippen LogP contribution in [0.15, 0.2) is 71.9 Å². The van der Waals surface area contributed by atoms with Crippen molar-refractivity contribution < 1.29 is 23.1 Å². The SMILES string of the molecule is COC[C@]1(O)CCCC[C@H]1n1cnc(C(=O)N2CCNC[C@H]2CS(=O)(=O)c2ccccc2)c1-c1ccccc1. The van der Waals surface area contributed by atoms with Crippen molar-refractivity contribution in [1.29, 1.82) is 0 Å². The Hall–Kier alpha value is -3.05. The third kappa shape index (κ3) is 5.65. The molecule has 10 heteroatoms. The molecule has 2 aliphatic rings. The molecule has 0 bridgehead atoms. The molecule has 1 saturated heterocycles. The maximum atomic E-state index is 14.2. The second-order valence-corrected chi connectivity index (χ2v) is 12.5. The molecule has 3 aromatic rings. The van der Waals surface area contributed by atoms with Gasteiger partial charge in [0, 0.05) is 32.3 Å². The maximum Gasteiger partial charge on any atom is 0.275 e. The van der Waals surface area contributed by atoms with Gasteiger partial charge in [0.15, 0.2) is 15.5 Å². The first-order valence-corrected chi connectivity index (χ1v) is 15.1. The summed E-state index contributed by atoms with van der Waals surface area (Å²) < 4.78 is 33.8. The minimum Gasteiger partial charge on any atom is -0.385 e. The zero-order valence-corrected chi connectivity index (χ0v) is 23.0. The zero-order valence-electron chi connectivity index (χ0n) is 22.2. The smallest absolute Gasteiger partial charge is 0.275 e. The fourth-order valence-corrected chi connectivity index (χ4v) is 7.52. The van der Waals surface area contributed by atoms with Crippen molar-refractivity contribution in [3.8, 4) is 11.3 Å². The van der Waals surface area contributed by atoms with Crippen LogP contribution in [0.2, 0.25) is 0 Å². The first-order chi connectivity index (χ1) is 18.8. The number of amides is 1. The molecule has 2 N–H and O–H groups in total. The summed E-state index contributed by atoms with van der Waals surface area (Å²) in [6, 6.07) is 17.1. The Morgan fingerprint density at radius 1 is 1.13 bits per heavy atom. The number of carbonyl (C=O) groups excluding carboxylic acids is 1. The van der Waals surface area contributed by atoms with Gasteiger partial charge in [-0.3, -0.25) is 4.79 Å². The number of sulfone groups is 1. The average Bonchev–Trinajstić information content (AvgIpc) is 3.39. The number of ether oxygens (including phenoxy) is 1. The van der Waals surface area contributed by atoms with Gasteiger partial charge in [-0.2, -0.15) is 0 Å². The molecule has 39 heavy (non-hydrogen) atoms. The Morgan fingerprint density at radius 3 is 2.56 bits per heavy atom. The lowest BCUT2D eigenvalue weighted by molar-refractivity contribution is -0.0893. The fourth-order valence-electron chi connectivity index (χ4n) is 5.95. The van der Waals surface area contributed by atoms with E-state index in [0.29, 0.717) is 31.7 Å². The van der Waals surface area contributed by atoms with Gasteiger partial charge in [0.25, 0.3) is 5.91 Å². The molecule has 1 aliphatic heterocycles. The molecular formula is C29H36N4O5S. The number of rotatable bonds is 8. The molecule has 0 unspecified atom stereocenters. The van der Waals surface area contributed by atoms with Crippen molar-refractivity contribution in [2.45, 2.75) is 48.3 Å². The molecule has 9 nitrogen and oxygen atoms in total. The highest BCUT2D eigenvalue weighted by molar-refractivity contribution is 7.91. The number of aromatic nitrogens is 2. The van der Waals surface area contributed by atoms with Gasteiger partial charge in [0.05, 0.1) is 41.4 Å². The molecule has 2 fully saturated rings. The third-order valence-electron chi connectivity index (χ3n) is 7.86. The van der Waals surface area contributed by atoms with Gasteiger partial charge >= 0.3 is 0 Å². The average molecular weight is 553 g/mol. The van der Waals surface area contributed by atoms with Crippen molar-refractivity contribution in [2.24, 2.45) is 0 Å². The van der Waals surface area contributed by atoms with Crippen LogP contribution in [0.4, 0.5) is 0 Å². The van der Waals surface area contributed by atoms with Crippen LogP contribution in [-0.4, -0.2) is 84.6 Å². The Bertz CT molecular complexity index is 1380. The van der Waals surface area contributed by atoms with Crippen molar-refractivity contribution in [1.82, 2.24) is 19.8 Å². The van der Waals surface area contributed by atoms with Gasteiger partial charge in [-0.15, -0.1) is 0 Å². The van der Waals surface area contributed by atoms with Gasteiger partial charge in [-0.1, -0.05) is 61.4 Å². The lowest BCUT2D eigenvalue weighted by Gasteiger charge is -2.41. The highest BCUT2D eigenvalue weighted by Gasteiger charge is 2.42. The summed E-state index contributed by atoms with van der Waals surface area (Å²) >= 11 is 0. The Kier molecular flexibility index (Phi) is 8.18. The number of methoxy groups -OCH3 is 1. The predicted molar refractivity (Wildman–Crippen MR) is 148 cm³/mol. The highest BCUT2D eigenvalue weighted by atomic mass is 32.2. The minimum absolute atomic E-state index is 0.185. The number of piperazine rings is 1. The maximum absolute atomic E-state index is 14.2. The lowest BCUT2D eigenvalue weighted by Crippen LogP contribution is -2.56. The van der Waals surface area contributed by atoms with Gasteiger partial charge in [0.2, 0.25) is 0 Å². The van der Waals surface area contributed by atoms with Crippen molar-refractivity contribution in [3.63, 3.8) is 0 Å². The van der Waals surface area contributed by atoms with Crippen LogP contribution in [0, 0.1) is 0 Å². The number of hydrogen-bond donors (Lipinski definition) is 2. The summed E-state index contributed by atoms with van der Waals surface area (Å²) in [5.74, 6) is -0.499. The van der Waals surface area contributed by atoms with Gasteiger partial charge in [-0.05, 0) is 25.0 Å². The van der Waals surface area contributed by atoms with Crippen LogP contribution < -0.4 is 5.32 Å². The molecule has 1 aromatic heterocycles. The molecule has 0 spiro atoms. The standard InChI is InChI=1S/C29H36N4O5S/c1-38-20-29(35)15-9-8-14-25(29)33-21-31-26(27(33)22-10-4-2-5-11-22)28(34)32-17-16-30-18-23(32)19-39(36,37)24-12-6-3-7-13-24/h2-7,10-13,21,23,25,30,35H,8-9,14-20H2,1H3/t23-,25+,29+/m0/s1.